The largest absolute Gasteiger partial charge is 0.368 e. The van der Waals surface area contributed by atoms with E-state index in [-0.39, 0.29) is 11.9 Å². The van der Waals surface area contributed by atoms with Crippen molar-refractivity contribution in [1.82, 2.24) is 4.90 Å². The molecule has 1 aliphatic heterocycles. The monoisotopic (exact) mass is 224 g/mol. The summed E-state index contributed by atoms with van der Waals surface area (Å²) in [5.41, 5.74) is 5.51. The first kappa shape index (κ1) is 11.9. The second kappa shape index (κ2) is 5.17. The zero-order chi connectivity index (χ0) is 11.5. The molecule has 1 aliphatic carbocycles. The van der Waals surface area contributed by atoms with Gasteiger partial charge in [-0.2, -0.15) is 0 Å². The molecule has 1 saturated heterocycles. The number of primary amides is 1. The van der Waals surface area contributed by atoms with Gasteiger partial charge in [-0.15, -0.1) is 0 Å². The number of nitrogens with two attached hydrogens (primary N) is 1. The Hall–Kier alpha value is -0.570. The molecule has 1 saturated carbocycles. The van der Waals surface area contributed by atoms with Crippen LogP contribution in [0.4, 0.5) is 0 Å². The maximum atomic E-state index is 11.5. The number of hydrogen-bond acceptors (Lipinski definition) is 2. The third kappa shape index (κ3) is 2.24. The van der Waals surface area contributed by atoms with Crippen LogP contribution in [0.1, 0.15) is 51.9 Å². The summed E-state index contributed by atoms with van der Waals surface area (Å²) in [6.45, 7) is 3.14. The second-order valence-corrected chi connectivity index (χ2v) is 5.32. The third-order valence-corrected chi connectivity index (χ3v) is 4.40. The standard InChI is InChI=1S/C13H24N2O/c1-2-11(13(14)16)15-9-5-8-12(15)10-6-3-4-7-10/h10-12H,2-9H2,1H3,(H2,14,16). The Morgan fingerprint density at radius 1 is 1.31 bits per heavy atom. The van der Waals surface area contributed by atoms with Gasteiger partial charge in [0.1, 0.15) is 0 Å². The van der Waals surface area contributed by atoms with Gasteiger partial charge in [0.25, 0.3) is 0 Å². The summed E-state index contributed by atoms with van der Waals surface area (Å²) in [5, 5.41) is 0. The predicted molar refractivity (Wildman–Crippen MR) is 65.0 cm³/mol. The van der Waals surface area contributed by atoms with Crippen LogP contribution in [0.2, 0.25) is 0 Å². The molecule has 2 N–H and O–H groups in total. The zero-order valence-corrected chi connectivity index (χ0v) is 10.3. The first-order valence-electron chi connectivity index (χ1n) is 6.79. The average Bonchev–Trinajstić information content (AvgIpc) is 2.86. The molecular weight excluding hydrogens is 200 g/mol. The number of carbonyl (C=O) groups excluding carboxylic acids is 1. The van der Waals surface area contributed by atoms with Gasteiger partial charge in [-0.1, -0.05) is 19.8 Å². The minimum absolute atomic E-state index is 0.0203. The van der Waals surface area contributed by atoms with Crippen molar-refractivity contribution >= 4 is 5.91 Å². The first-order chi connectivity index (χ1) is 7.74. The fourth-order valence-corrected chi connectivity index (χ4v) is 3.65. The van der Waals surface area contributed by atoms with E-state index in [1.54, 1.807) is 0 Å². The second-order valence-electron chi connectivity index (χ2n) is 5.32. The van der Waals surface area contributed by atoms with E-state index in [1.165, 1.54) is 38.5 Å². The van der Waals surface area contributed by atoms with E-state index in [0.29, 0.717) is 6.04 Å². The quantitative estimate of drug-likeness (QED) is 0.793. The smallest absolute Gasteiger partial charge is 0.234 e. The Morgan fingerprint density at radius 2 is 2.00 bits per heavy atom. The number of carbonyl (C=O) groups is 1. The summed E-state index contributed by atoms with van der Waals surface area (Å²) in [5.74, 6) is 0.697. The molecule has 1 heterocycles. The van der Waals surface area contributed by atoms with Gasteiger partial charge >= 0.3 is 0 Å². The highest BCUT2D eigenvalue weighted by Crippen LogP contribution is 2.36. The molecule has 0 aromatic heterocycles. The fraction of sp³-hybridized carbons (Fsp3) is 0.923. The van der Waals surface area contributed by atoms with Gasteiger partial charge < -0.3 is 5.73 Å². The predicted octanol–water partition coefficient (Wildman–Crippen LogP) is 1.90. The summed E-state index contributed by atoms with van der Waals surface area (Å²) >= 11 is 0. The molecule has 2 atom stereocenters. The van der Waals surface area contributed by atoms with Crippen LogP contribution in [0.25, 0.3) is 0 Å². The highest BCUT2D eigenvalue weighted by Gasteiger charge is 2.37. The molecule has 2 aliphatic rings. The fourth-order valence-electron chi connectivity index (χ4n) is 3.65. The van der Waals surface area contributed by atoms with Crippen molar-refractivity contribution in [2.75, 3.05) is 6.54 Å². The molecule has 0 bridgehead atoms. The van der Waals surface area contributed by atoms with Gasteiger partial charge in [0.05, 0.1) is 6.04 Å². The highest BCUT2D eigenvalue weighted by atomic mass is 16.1. The minimum atomic E-state index is -0.132. The molecule has 2 rings (SSSR count). The van der Waals surface area contributed by atoms with Crippen molar-refractivity contribution in [3.05, 3.63) is 0 Å². The maximum Gasteiger partial charge on any atom is 0.234 e. The molecule has 2 unspecified atom stereocenters. The summed E-state index contributed by atoms with van der Waals surface area (Å²) in [7, 11) is 0. The van der Waals surface area contributed by atoms with Crippen molar-refractivity contribution in [1.29, 1.82) is 0 Å². The summed E-state index contributed by atoms with van der Waals surface area (Å²) in [4.78, 5) is 13.9. The average molecular weight is 224 g/mol. The molecule has 1 amide bonds. The van der Waals surface area contributed by atoms with Crippen molar-refractivity contribution in [3.63, 3.8) is 0 Å². The van der Waals surface area contributed by atoms with Crippen molar-refractivity contribution in [2.24, 2.45) is 11.7 Å². The number of rotatable bonds is 4. The lowest BCUT2D eigenvalue weighted by Gasteiger charge is -2.34. The van der Waals surface area contributed by atoms with E-state index < -0.39 is 0 Å². The van der Waals surface area contributed by atoms with Crippen LogP contribution in [0.5, 0.6) is 0 Å². The van der Waals surface area contributed by atoms with Gasteiger partial charge in [-0.05, 0) is 44.6 Å². The Labute approximate surface area is 98.4 Å². The molecule has 3 heteroatoms. The maximum absolute atomic E-state index is 11.5. The molecular formula is C13H24N2O. The lowest BCUT2D eigenvalue weighted by molar-refractivity contribution is -0.124. The Bertz CT molecular complexity index is 248. The SMILES string of the molecule is CCC(C(N)=O)N1CCCC1C1CCCC1. The number of amides is 1. The van der Waals surface area contributed by atoms with Gasteiger partial charge in [-0.25, -0.2) is 0 Å². The van der Waals surface area contributed by atoms with Gasteiger partial charge in [-0.3, -0.25) is 9.69 Å². The van der Waals surface area contributed by atoms with E-state index in [4.69, 9.17) is 5.73 Å². The van der Waals surface area contributed by atoms with E-state index in [1.807, 2.05) is 0 Å². The molecule has 0 radical (unpaired) electrons. The van der Waals surface area contributed by atoms with Crippen LogP contribution < -0.4 is 5.73 Å². The van der Waals surface area contributed by atoms with Crippen LogP contribution in [-0.2, 0) is 4.79 Å². The Morgan fingerprint density at radius 3 is 2.56 bits per heavy atom. The molecule has 0 aromatic carbocycles. The van der Waals surface area contributed by atoms with Crippen molar-refractivity contribution < 1.29 is 4.79 Å². The summed E-state index contributed by atoms with van der Waals surface area (Å²) in [6.07, 6.45) is 8.84. The van der Waals surface area contributed by atoms with E-state index in [2.05, 4.69) is 11.8 Å². The minimum Gasteiger partial charge on any atom is -0.368 e. The molecule has 16 heavy (non-hydrogen) atoms. The van der Waals surface area contributed by atoms with Crippen molar-refractivity contribution in [3.8, 4) is 0 Å². The molecule has 92 valence electrons. The van der Waals surface area contributed by atoms with Gasteiger partial charge in [0, 0.05) is 6.04 Å². The number of nitrogens with zero attached hydrogens (tertiary/aromatic N) is 1. The van der Waals surface area contributed by atoms with Gasteiger partial charge in [0.15, 0.2) is 0 Å². The third-order valence-electron chi connectivity index (χ3n) is 4.40. The van der Waals surface area contributed by atoms with Crippen molar-refractivity contribution in [2.45, 2.75) is 64.0 Å². The van der Waals surface area contributed by atoms with Gasteiger partial charge in [0.2, 0.25) is 5.91 Å². The normalized spacial score (nSPS) is 29.7. The van der Waals surface area contributed by atoms with Crippen LogP contribution >= 0.6 is 0 Å². The van der Waals surface area contributed by atoms with Crippen LogP contribution in [0, 0.1) is 5.92 Å². The zero-order valence-electron chi connectivity index (χ0n) is 10.3. The number of likely N-dealkylation sites (tertiary alicyclic amines) is 1. The first-order valence-corrected chi connectivity index (χ1v) is 6.79. The number of hydrogen-bond donors (Lipinski definition) is 1. The van der Waals surface area contributed by atoms with Crippen LogP contribution in [-0.4, -0.2) is 29.4 Å². The van der Waals surface area contributed by atoms with E-state index in [9.17, 15) is 4.79 Å². The molecule has 3 nitrogen and oxygen atoms in total. The Kier molecular flexibility index (Phi) is 3.85. The van der Waals surface area contributed by atoms with E-state index >= 15 is 0 Å². The molecule has 0 aromatic rings. The molecule has 2 fully saturated rings. The molecule has 0 spiro atoms. The van der Waals surface area contributed by atoms with E-state index in [0.717, 1.165) is 18.9 Å². The van der Waals surface area contributed by atoms with Crippen LogP contribution in [0.3, 0.4) is 0 Å². The lowest BCUT2D eigenvalue weighted by Crippen LogP contribution is -2.48. The topological polar surface area (TPSA) is 46.3 Å². The van der Waals surface area contributed by atoms with Crippen LogP contribution in [0.15, 0.2) is 0 Å². The summed E-state index contributed by atoms with van der Waals surface area (Å²) < 4.78 is 0. The lowest BCUT2D eigenvalue weighted by atomic mass is 9.95. The summed E-state index contributed by atoms with van der Waals surface area (Å²) in [6, 6.07) is 0.619. The highest BCUT2D eigenvalue weighted by molar-refractivity contribution is 5.79. The Balaban J connectivity index is 2.03.